The first-order valence-corrected chi connectivity index (χ1v) is 12.8. The van der Waals surface area contributed by atoms with Gasteiger partial charge in [-0.25, -0.2) is 22.6 Å². The molecule has 2 N–H and O–H groups in total. The molecule has 39 heavy (non-hydrogen) atoms. The summed E-state index contributed by atoms with van der Waals surface area (Å²) in [6, 6.07) is 1.92. The van der Waals surface area contributed by atoms with Gasteiger partial charge in [0.1, 0.15) is 22.0 Å². The summed E-state index contributed by atoms with van der Waals surface area (Å²) in [5.74, 6) is -8.39. The Bertz CT molecular complexity index is 1630. The van der Waals surface area contributed by atoms with E-state index in [0.29, 0.717) is 12.1 Å². The Morgan fingerprint density at radius 3 is 2.28 bits per heavy atom. The fraction of sp³-hybridized carbons (Fsp3) is 0.250. The van der Waals surface area contributed by atoms with Crippen molar-refractivity contribution in [2.45, 2.75) is 24.9 Å². The average molecular weight is 578 g/mol. The SMILES string of the molecule is CCOC(=O)c1c(-c2cc(F)c(C(F)(F)F)cc2Oc2ccc(F)c(F)c2OC)[nH]c(C)c(S(C)(=N)=O)c1=O. The summed E-state index contributed by atoms with van der Waals surface area (Å²) in [5.41, 5.74) is -5.44. The molecule has 210 valence electrons. The van der Waals surface area contributed by atoms with E-state index in [-0.39, 0.29) is 18.4 Å². The number of alkyl halides is 3. The number of hydrogen-bond acceptors (Lipinski definition) is 7. The Labute approximate surface area is 217 Å². The van der Waals surface area contributed by atoms with Crippen molar-refractivity contribution in [3.8, 4) is 28.5 Å². The van der Waals surface area contributed by atoms with Crippen LogP contribution in [0.2, 0.25) is 0 Å². The van der Waals surface area contributed by atoms with Gasteiger partial charge < -0.3 is 19.2 Å². The van der Waals surface area contributed by atoms with E-state index in [1.165, 1.54) is 13.8 Å². The van der Waals surface area contributed by atoms with Gasteiger partial charge in [-0.15, -0.1) is 0 Å². The Kier molecular flexibility index (Phi) is 8.05. The maximum absolute atomic E-state index is 14.8. The van der Waals surface area contributed by atoms with Crippen LogP contribution in [0.15, 0.2) is 34.0 Å². The Balaban J connectivity index is 2.47. The number of pyridine rings is 1. The number of aryl methyl sites for hydroxylation is 1. The predicted octanol–water partition coefficient (Wildman–Crippen LogP) is 5.80. The monoisotopic (exact) mass is 578 g/mol. The van der Waals surface area contributed by atoms with Gasteiger partial charge in [-0.2, -0.15) is 17.6 Å². The molecule has 1 unspecified atom stereocenters. The zero-order valence-corrected chi connectivity index (χ0v) is 21.5. The van der Waals surface area contributed by atoms with Crippen molar-refractivity contribution in [3.05, 3.63) is 68.8 Å². The number of ether oxygens (including phenoxy) is 3. The van der Waals surface area contributed by atoms with E-state index in [0.717, 1.165) is 19.4 Å². The average Bonchev–Trinajstić information content (AvgIpc) is 2.80. The molecule has 0 radical (unpaired) electrons. The van der Waals surface area contributed by atoms with E-state index in [1.807, 2.05) is 0 Å². The molecule has 3 aromatic rings. The number of H-pyrrole nitrogens is 1. The van der Waals surface area contributed by atoms with E-state index in [2.05, 4.69) is 4.98 Å². The van der Waals surface area contributed by atoms with Crippen LogP contribution in [0.25, 0.3) is 11.3 Å². The standard InChI is InChI=1S/C24H20F6N2O6S/c1-5-37-23(34)17-19(32-10(2)22(20(17)33)39(4,31)35)11-8-14(26)12(24(28,29)30)9-16(11)38-15-7-6-13(25)18(27)21(15)36-3/h6-9,31H,5H2,1-4H3,(H,32,33). The molecule has 0 fully saturated rings. The highest BCUT2D eigenvalue weighted by atomic mass is 32.2. The summed E-state index contributed by atoms with van der Waals surface area (Å²) < 4.78 is 119. The molecule has 2 aromatic carbocycles. The number of methoxy groups -OCH3 is 1. The molecule has 1 heterocycles. The van der Waals surface area contributed by atoms with Crippen LogP contribution < -0.4 is 14.9 Å². The Hall–Kier alpha value is -4.01. The van der Waals surface area contributed by atoms with Gasteiger partial charge in [0, 0.05) is 17.5 Å². The highest BCUT2D eigenvalue weighted by molar-refractivity contribution is 7.91. The lowest BCUT2D eigenvalue weighted by molar-refractivity contribution is -0.140. The molecule has 1 atom stereocenters. The number of nitrogens with one attached hydrogen (secondary N) is 2. The van der Waals surface area contributed by atoms with Crippen molar-refractivity contribution in [1.82, 2.24) is 4.98 Å². The van der Waals surface area contributed by atoms with Crippen molar-refractivity contribution >= 4 is 15.7 Å². The van der Waals surface area contributed by atoms with Gasteiger partial charge in [0.15, 0.2) is 11.6 Å². The summed E-state index contributed by atoms with van der Waals surface area (Å²) >= 11 is 0. The number of benzene rings is 2. The van der Waals surface area contributed by atoms with Crippen LogP contribution in [0.1, 0.15) is 28.5 Å². The van der Waals surface area contributed by atoms with Crippen molar-refractivity contribution in [3.63, 3.8) is 0 Å². The van der Waals surface area contributed by atoms with Crippen LogP contribution in [-0.2, 0) is 20.6 Å². The molecule has 3 rings (SSSR count). The molecule has 0 spiro atoms. The molecule has 0 amide bonds. The van der Waals surface area contributed by atoms with Gasteiger partial charge in [-0.3, -0.25) is 4.79 Å². The van der Waals surface area contributed by atoms with Gasteiger partial charge in [0.25, 0.3) is 0 Å². The summed E-state index contributed by atoms with van der Waals surface area (Å²) in [4.78, 5) is 28.0. The highest BCUT2D eigenvalue weighted by Crippen LogP contribution is 2.43. The maximum atomic E-state index is 14.8. The topological polar surface area (TPSA) is 119 Å². The largest absolute Gasteiger partial charge is 0.490 e. The minimum absolute atomic E-state index is 0.190. The minimum atomic E-state index is -5.24. The number of hydrogen-bond donors (Lipinski definition) is 2. The predicted molar refractivity (Wildman–Crippen MR) is 126 cm³/mol. The molecule has 15 heteroatoms. The number of esters is 1. The third-order valence-electron chi connectivity index (χ3n) is 5.29. The zero-order valence-electron chi connectivity index (χ0n) is 20.6. The van der Waals surface area contributed by atoms with Crippen molar-refractivity contribution in [2.75, 3.05) is 20.0 Å². The quantitative estimate of drug-likeness (QED) is 0.270. The number of carbonyl (C=O) groups excluding carboxylic acids is 1. The fourth-order valence-electron chi connectivity index (χ4n) is 3.73. The number of carbonyl (C=O) groups is 1. The summed E-state index contributed by atoms with van der Waals surface area (Å²) in [6.07, 6.45) is -4.34. The number of aromatic amines is 1. The molecule has 8 nitrogen and oxygen atoms in total. The van der Waals surface area contributed by atoms with Gasteiger partial charge in [0.05, 0.1) is 34.7 Å². The Morgan fingerprint density at radius 2 is 1.74 bits per heavy atom. The second-order valence-electron chi connectivity index (χ2n) is 8.04. The molecular weight excluding hydrogens is 558 g/mol. The highest BCUT2D eigenvalue weighted by Gasteiger charge is 2.37. The minimum Gasteiger partial charge on any atom is -0.490 e. The first-order valence-electron chi connectivity index (χ1n) is 10.8. The van der Waals surface area contributed by atoms with Crippen LogP contribution in [0.4, 0.5) is 26.3 Å². The summed E-state index contributed by atoms with van der Waals surface area (Å²) in [5, 5.41) is 0. The second kappa shape index (κ2) is 10.6. The van der Waals surface area contributed by atoms with Crippen LogP contribution in [0, 0.1) is 29.2 Å². The summed E-state index contributed by atoms with van der Waals surface area (Å²) in [7, 11) is -2.81. The van der Waals surface area contributed by atoms with E-state index in [4.69, 9.17) is 19.0 Å². The lowest BCUT2D eigenvalue weighted by atomic mass is 10.0. The first-order chi connectivity index (χ1) is 18.0. The normalized spacial score (nSPS) is 13.1. The molecule has 0 aliphatic heterocycles. The lowest BCUT2D eigenvalue weighted by Gasteiger charge is -2.19. The third-order valence-corrected chi connectivity index (χ3v) is 6.56. The van der Waals surface area contributed by atoms with Crippen LogP contribution in [0.3, 0.4) is 0 Å². The molecule has 0 aliphatic rings. The fourth-order valence-corrected chi connectivity index (χ4v) is 4.82. The lowest BCUT2D eigenvalue weighted by Crippen LogP contribution is -2.26. The zero-order chi connectivity index (χ0) is 29.4. The van der Waals surface area contributed by atoms with E-state index < -0.39 is 89.3 Å². The number of rotatable bonds is 7. The molecular formula is C24H20F6N2O6S. The Morgan fingerprint density at radius 1 is 1.10 bits per heavy atom. The molecule has 0 saturated heterocycles. The smallest absolute Gasteiger partial charge is 0.419 e. The van der Waals surface area contributed by atoms with Gasteiger partial charge in [-0.1, -0.05) is 0 Å². The van der Waals surface area contributed by atoms with E-state index in [1.54, 1.807) is 0 Å². The third kappa shape index (κ3) is 5.72. The van der Waals surface area contributed by atoms with Crippen LogP contribution >= 0.6 is 0 Å². The van der Waals surface area contributed by atoms with Gasteiger partial charge >= 0.3 is 12.1 Å². The molecule has 0 bridgehead atoms. The first kappa shape index (κ1) is 29.5. The maximum Gasteiger partial charge on any atom is 0.419 e. The van der Waals surface area contributed by atoms with Crippen molar-refractivity contribution < 1.29 is 49.6 Å². The number of aromatic nitrogens is 1. The van der Waals surface area contributed by atoms with Crippen molar-refractivity contribution in [1.29, 1.82) is 4.78 Å². The van der Waals surface area contributed by atoms with E-state index in [9.17, 15) is 40.1 Å². The van der Waals surface area contributed by atoms with E-state index >= 15 is 0 Å². The van der Waals surface area contributed by atoms with Crippen LogP contribution in [-0.4, -0.2) is 35.1 Å². The number of halogens is 6. The van der Waals surface area contributed by atoms with Gasteiger partial charge in [0.2, 0.25) is 17.0 Å². The molecule has 0 saturated carbocycles. The van der Waals surface area contributed by atoms with Gasteiger partial charge in [-0.05, 0) is 38.1 Å². The molecule has 1 aromatic heterocycles. The van der Waals surface area contributed by atoms with Crippen molar-refractivity contribution in [2.24, 2.45) is 0 Å². The molecule has 0 aliphatic carbocycles. The van der Waals surface area contributed by atoms with Crippen LogP contribution in [0.5, 0.6) is 17.2 Å². The summed E-state index contributed by atoms with van der Waals surface area (Å²) in [6.45, 7) is 2.32. The second-order valence-corrected chi connectivity index (χ2v) is 10.1.